The van der Waals surface area contributed by atoms with E-state index in [4.69, 9.17) is 11.6 Å². The van der Waals surface area contributed by atoms with E-state index in [-0.39, 0.29) is 17.5 Å². The molecule has 1 atom stereocenters. The van der Waals surface area contributed by atoms with Crippen molar-refractivity contribution in [1.29, 1.82) is 0 Å². The summed E-state index contributed by atoms with van der Waals surface area (Å²) in [5.74, 6) is 0.793. The van der Waals surface area contributed by atoms with E-state index in [9.17, 15) is 9.59 Å². The summed E-state index contributed by atoms with van der Waals surface area (Å²) in [6.07, 6.45) is 6.02. The second kappa shape index (κ2) is 8.77. The van der Waals surface area contributed by atoms with Gasteiger partial charge in [0.1, 0.15) is 12.2 Å². The summed E-state index contributed by atoms with van der Waals surface area (Å²) >= 11 is 6.31. The standard InChI is InChI=1S/C27H21ClN8O2/c28-18-3-6-23(35-14-30-33-34-35)20(12-18)17-10-19-4-7-24(36(19)26(38)11-17)27-29-13-22(32-27)16-1-5-21-15(9-16)2-8-25(37)31-21/h1,3,5-6,9-14,24H,2,4,7-8H2,(H,29,32)(H,31,37)/t24-/m0/s1. The van der Waals surface area contributed by atoms with Crippen molar-refractivity contribution in [2.24, 2.45) is 0 Å². The number of aromatic nitrogens is 7. The van der Waals surface area contributed by atoms with Crippen LogP contribution in [0.4, 0.5) is 5.69 Å². The van der Waals surface area contributed by atoms with Crippen molar-refractivity contribution >= 4 is 23.2 Å². The molecular weight excluding hydrogens is 504 g/mol. The zero-order valence-corrected chi connectivity index (χ0v) is 20.8. The molecular formula is C27H21ClN8O2. The summed E-state index contributed by atoms with van der Waals surface area (Å²) in [4.78, 5) is 33.2. The van der Waals surface area contributed by atoms with Gasteiger partial charge in [0.2, 0.25) is 5.91 Å². The molecule has 5 heterocycles. The number of rotatable bonds is 4. The van der Waals surface area contributed by atoms with Crippen LogP contribution in [-0.2, 0) is 17.6 Å². The fourth-order valence-corrected chi connectivity index (χ4v) is 5.60. The average Bonchev–Trinajstić information content (AvgIpc) is 3.69. The third kappa shape index (κ3) is 3.81. The molecule has 0 aliphatic carbocycles. The monoisotopic (exact) mass is 524 g/mol. The number of fused-ring (bicyclic) bond motifs is 2. The number of benzene rings is 2. The second-order valence-electron chi connectivity index (χ2n) is 9.52. The molecule has 0 saturated carbocycles. The van der Waals surface area contributed by atoms with Gasteiger partial charge in [-0.2, -0.15) is 4.68 Å². The third-order valence-corrected chi connectivity index (χ3v) is 7.46. The Morgan fingerprint density at radius 3 is 2.76 bits per heavy atom. The van der Waals surface area contributed by atoms with E-state index < -0.39 is 0 Å². The van der Waals surface area contributed by atoms with Crippen molar-refractivity contribution in [3.8, 4) is 28.1 Å². The number of nitrogens with one attached hydrogen (secondary N) is 2. The van der Waals surface area contributed by atoms with Crippen molar-refractivity contribution in [1.82, 2.24) is 34.7 Å². The molecule has 3 aromatic heterocycles. The first-order valence-corrected chi connectivity index (χ1v) is 12.7. The van der Waals surface area contributed by atoms with Gasteiger partial charge in [0.05, 0.1) is 23.6 Å². The smallest absolute Gasteiger partial charge is 0.252 e. The minimum atomic E-state index is -0.185. The van der Waals surface area contributed by atoms with Crippen LogP contribution in [0.25, 0.3) is 28.1 Å². The van der Waals surface area contributed by atoms with E-state index in [1.54, 1.807) is 23.0 Å². The fourth-order valence-electron chi connectivity index (χ4n) is 5.42. The molecule has 0 radical (unpaired) electrons. The number of aromatic amines is 1. The number of anilines is 1. The lowest BCUT2D eigenvalue weighted by molar-refractivity contribution is -0.116. The van der Waals surface area contributed by atoms with E-state index >= 15 is 0 Å². The Kier molecular flexibility index (Phi) is 5.22. The summed E-state index contributed by atoms with van der Waals surface area (Å²) in [6.45, 7) is 0. The van der Waals surface area contributed by atoms with Crippen molar-refractivity contribution < 1.29 is 4.79 Å². The van der Waals surface area contributed by atoms with Crippen molar-refractivity contribution in [2.75, 3.05) is 5.32 Å². The Balaban J connectivity index is 1.23. The lowest BCUT2D eigenvalue weighted by Gasteiger charge is -2.17. The van der Waals surface area contributed by atoms with Gasteiger partial charge in [-0.3, -0.25) is 9.59 Å². The first-order valence-electron chi connectivity index (χ1n) is 12.3. The Labute approximate surface area is 221 Å². The SMILES string of the molecule is O=C1CCc2cc(-c3cnc([C@@H]4CCc5cc(-c6cc(Cl)ccc6-n6cnnn6)cc(=O)n54)[nH]3)ccc2N1. The van der Waals surface area contributed by atoms with E-state index in [0.717, 1.165) is 63.7 Å². The molecule has 0 saturated heterocycles. The molecule has 0 fully saturated rings. The van der Waals surface area contributed by atoms with Gasteiger partial charge >= 0.3 is 0 Å². The number of aryl methyl sites for hydroxylation is 2. The number of H-pyrrole nitrogens is 1. The normalized spacial score (nSPS) is 16.2. The highest BCUT2D eigenvalue weighted by Crippen LogP contribution is 2.35. The maximum Gasteiger partial charge on any atom is 0.252 e. The van der Waals surface area contributed by atoms with Gasteiger partial charge in [0, 0.05) is 34.5 Å². The molecule has 0 spiro atoms. The van der Waals surface area contributed by atoms with Gasteiger partial charge < -0.3 is 14.9 Å². The molecule has 0 bridgehead atoms. The highest BCUT2D eigenvalue weighted by atomic mass is 35.5. The van der Waals surface area contributed by atoms with Crippen LogP contribution in [0.3, 0.4) is 0 Å². The van der Waals surface area contributed by atoms with E-state index in [1.807, 2.05) is 34.9 Å². The molecule has 1 amide bonds. The maximum absolute atomic E-state index is 13.4. The van der Waals surface area contributed by atoms with Crippen molar-refractivity contribution in [3.63, 3.8) is 0 Å². The summed E-state index contributed by atoms with van der Waals surface area (Å²) in [5, 5.41) is 14.9. The van der Waals surface area contributed by atoms with Crippen molar-refractivity contribution in [2.45, 2.75) is 31.7 Å². The second-order valence-corrected chi connectivity index (χ2v) is 9.95. The topological polar surface area (TPSA) is 123 Å². The molecule has 2 N–H and O–H groups in total. The molecule has 2 aromatic carbocycles. The zero-order chi connectivity index (χ0) is 25.8. The number of tetrazole rings is 1. The highest BCUT2D eigenvalue weighted by Gasteiger charge is 2.28. The van der Waals surface area contributed by atoms with Crippen LogP contribution in [0, 0.1) is 0 Å². The number of pyridine rings is 1. The van der Waals surface area contributed by atoms with Crippen LogP contribution < -0.4 is 10.9 Å². The van der Waals surface area contributed by atoms with Crippen LogP contribution in [0.5, 0.6) is 0 Å². The number of hydrogen-bond donors (Lipinski definition) is 2. The number of carbonyl (C=O) groups is 1. The van der Waals surface area contributed by atoms with E-state index in [0.29, 0.717) is 17.9 Å². The third-order valence-electron chi connectivity index (χ3n) is 7.22. The summed E-state index contributed by atoms with van der Waals surface area (Å²) in [6, 6.07) is 14.9. The molecule has 0 unspecified atom stereocenters. The number of nitrogens with zero attached hydrogens (tertiary/aromatic N) is 6. The first kappa shape index (κ1) is 22.6. The van der Waals surface area contributed by atoms with Gasteiger partial charge in [-0.05, 0) is 82.8 Å². The van der Waals surface area contributed by atoms with Crippen LogP contribution in [0.15, 0.2) is 65.8 Å². The van der Waals surface area contributed by atoms with E-state index in [2.05, 4.69) is 36.9 Å². The van der Waals surface area contributed by atoms with Gasteiger partial charge in [0.15, 0.2) is 0 Å². The van der Waals surface area contributed by atoms with Gasteiger partial charge in [-0.15, -0.1) is 5.10 Å². The number of amides is 1. The lowest BCUT2D eigenvalue weighted by atomic mass is 9.99. The molecule has 11 heteroatoms. The van der Waals surface area contributed by atoms with Crippen LogP contribution in [0.2, 0.25) is 5.02 Å². The number of imidazole rings is 1. The quantitative estimate of drug-likeness (QED) is 0.367. The molecule has 2 aliphatic rings. The summed E-state index contributed by atoms with van der Waals surface area (Å²) in [7, 11) is 0. The molecule has 38 heavy (non-hydrogen) atoms. The molecule has 7 rings (SSSR count). The number of halogens is 1. The molecule has 188 valence electrons. The molecule has 2 aliphatic heterocycles. The number of hydrogen-bond acceptors (Lipinski definition) is 6. The summed E-state index contributed by atoms with van der Waals surface area (Å²) in [5.41, 5.74) is 6.94. The predicted octanol–water partition coefficient (Wildman–Crippen LogP) is 3.95. The van der Waals surface area contributed by atoms with Gasteiger partial charge in [-0.1, -0.05) is 17.7 Å². The fraction of sp³-hybridized carbons (Fsp3) is 0.185. The first-order chi connectivity index (χ1) is 18.5. The maximum atomic E-state index is 13.4. The Bertz CT molecular complexity index is 1770. The van der Waals surface area contributed by atoms with Crippen LogP contribution in [0.1, 0.15) is 36.0 Å². The zero-order valence-electron chi connectivity index (χ0n) is 20.1. The Hall–Kier alpha value is -4.57. The average molecular weight is 525 g/mol. The van der Waals surface area contributed by atoms with E-state index in [1.165, 1.54) is 6.33 Å². The van der Waals surface area contributed by atoms with Crippen LogP contribution in [-0.4, -0.2) is 40.6 Å². The predicted molar refractivity (Wildman–Crippen MR) is 141 cm³/mol. The minimum absolute atomic E-state index is 0.0459. The Morgan fingerprint density at radius 1 is 0.974 bits per heavy atom. The van der Waals surface area contributed by atoms with Gasteiger partial charge in [-0.25, -0.2) is 4.98 Å². The summed E-state index contributed by atoms with van der Waals surface area (Å²) < 4.78 is 3.37. The highest BCUT2D eigenvalue weighted by molar-refractivity contribution is 6.31. The molecule has 10 nitrogen and oxygen atoms in total. The largest absolute Gasteiger partial charge is 0.340 e. The van der Waals surface area contributed by atoms with Gasteiger partial charge in [0.25, 0.3) is 5.56 Å². The lowest BCUT2D eigenvalue weighted by Crippen LogP contribution is -2.23. The minimum Gasteiger partial charge on any atom is -0.340 e. The van der Waals surface area contributed by atoms with Crippen LogP contribution >= 0.6 is 11.6 Å². The Morgan fingerprint density at radius 2 is 1.89 bits per heavy atom. The molecule has 5 aromatic rings. The number of carbonyl (C=O) groups excluding carboxylic acids is 1. The van der Waals surface area contributed by atoms with Crippen molar-refractivity contribution in [3.05, 3.63) is 93.5 Å².